The van der Waals surface area contributed by atoms with E-state index in [-0.39, 0.29) is 17.0 Å². The first kappa shape index (κ1) is 13.6. The van der Waals surface area contributed by atoms with Crippen molar-refractivity contribution < 1.29 is 9.18 Å². The van der Waals surface area contributed by atoms with Crippen LogP contribution in [0.4, 0.5) is 4.39 Å². The molecular weight excluding hydrogens is 276 g/mol. The topological polar surface area (TPSA) is 29.1 Å². The van der Waals surface area contributed by atoms with Crippen LogP contribution in [-0.2, 0) is 0 Å². The minimum atomic E-state index is -0.553. The van der Waals surface area contributed by atoms with Crippen LogP contribution < -0.4 is 5.32 Å². The molecule has 0 atom stereocenters. The van der Waals surface area contributed by atoms with E-state index in [0.29, 0.717) is 5.02 Å². The number of benzene rings is 1. The predicted octanol–water partition coefficient (Wildman–Crippen LogP) is 3.76. The lowest BCUT2D eigenvalue weighted by Gasteiger charge is -2.25. The molecule has 2 rings (SSSR count). The van der Waals surface area contributed by atoms with E-state index in [1.54, 1.807) is 0 Å². The minimum absolute atomic E-state index is 0.00417. The summed E-state index contributed by atoms with van der Waals surface area (Å²) < 4.78 is 13.5. The van der Waals surface area contributed by atoms with Gasteiger partial charge in [-0.3, -0.25) is 4.79 Å². The number of nitrogens with one attached hydrogen (secondary N) is 1. The Labute approximate surface area is 115 Å². The Hall–Kier alpha value is -0.800. The molecule has 1 fully saturated rings. The molecule has 0 aromatic heterocycles. The maximum atomic E-state index is 13.5. The SMILES string of the molecule is O=C(NC1CCC(Cl)CC1)c1cc(Cl)ccc1F. The molecule has 0 unspecified atom stereocenters. The molecule has 0 aliphatic heterocycles. The molecule has 1 saturated carbocycles. The average Bonchev–Trinajstić information content (AvgIpc) is 2.35. The first-order valence-corrected chi connectivity index (χ1v) is 6.77. The van der Waals surface area contributed by atoms with Gasteiger partial charge in [-0.05, 0) is 43.9 Å². The van der Waals surface area contributed by atoms with E-state index >= 15 is 0 Å². The van der Waals surface area contributed by atoms with Crippen LogP contribution in [0.2, 0.25) is 5.02 Å². The molecule has 0 bridgehead atoms. The third kappa shape index (κ3) is 3.36. The molecule has 1 aromatic rings. The smallest absolute Gasteiger partial charge is 0.254 e. The number of carbonyl (C=O) groups excluding carboxylic acids is 1. The van der Waals surface area contributed by atoms with Crippen molar-refractivity contribution in [2.24, 2.45) is 0 Å². The predicted molar refractivity (Wildman–Crippen MR) is 70.8 cm³/mol. The van der Waals surface area contributed by atoms with Crippen LogP contribution in [0.5, 0.6) is 0 Å². The Bertz CT molecular complexity index is 445. The number of amides is 1. The van der Waals surface area contributed by atoms with Crippen molar-refractivity contribution >= 4 is 29.1 Å². The van der Waals surface area contributed by atoms with Gasteiger partial charge in [-0.15, -0.1) is 11.6 Å². The van der Waals surface area contributed by atoms with Gasteiger partial charge in [0, 0.05) is 16.4 Å². The van der Waals surface area contributed by atoms with E-state index in [1.807, 2.05) is 0 Å². The normalized spacial score (nSPS) is 23.7. The number of carbonyl (C=O) groups is 1. The fraction of sp³-hybridized carbons (Fsp3) is 0.462. The van der Waals surface area contributed by atoms with Gasteiger partial charge in [0.15, 0.2) is 0 Å². The van der Waals surface area contributed by atoms with Gasteiger partial charge in [0.25, 0.3) is 5.91 Å². The van der Waals surface area contributed by atoms with E-state index in [0.717, 1.165) is 25.7 Å². The Morgan fingerprint density at radius 2 is 1.94 bits per heavy atom. The third-order valence-corrected chi connectivity index (χ3v) is 3.84. The Balaban J connectivity index is 2.01. The zero-order valence-electron chi connectivity index (χ0n) is 9.76. The highest BCUT2D eigenvalue weighted by molar-refractivity contribution is 6.31. The van der Waals surface area contributed by atoms with Crippen molar-refractivity contribution in [2.75, 3.05) is 0 Å². The second kappa shape index (κ2) is 5.89. The molecule has 1 aromatic carbocycles. The molecule has 1 aliphatic carbocycles. The largest absolute Gasteiger partial charge is 0.349 e. The quantitative estimate of drug-likeness (QED) is 0.826. The van der Waals surface area contributed by atoms with Crippen molar-refractivity contribution in [1.29, 1.82) is 0 Å². The van der Waals surface area contributed by atoms with E-state index in [4.69, 9.17) is 23.2 Å². The van der Waals surface area contributed by atoms with Gasteiger partial charge in [0.1, 0.15) is 5.82 Å². The average molecular weight is 290 g/mol. The standard InChI is InChI=1S/C13H14Cl2FNO/c14-8-1-4-10(5-2-8)17-13(18)11-7-9(15)3-6-12(11)16/h3,6-8,10H,1-2,4-5H2,(H,17,18). The molecular formula is C13H14Cl2FNO. The lowest BCUT2D eigenvalue weighted by molar-refractivity contribution is 0.0924. The summed E-state index contributed by atoms with van der Waals surface area (Å²) >= 11 is 11.8. The minimum Gasteiger partial charge on any atom is -0.349 e. The molecule has 0 saturated heterocycles. The summed E-state index contributed by atoms with van der Waals surface area (Å²) in [6, 6.07) is 4.05. The van der Waals surface area contributed by atoms with E-state index in [2.05, 4.69) is 5.32 Å². The zero-order valence-corrected chi connectivity index (χ0v) is 11.3. The van der Waals surface area contributed by atoms with Crippen LogP contribution in [-0.4, -0.2) is 17.3 Å². The van der Waals surface area contributed by atoms with Crippen molar-refractivity contribution in [2.45, 2.75) is 37.1 Å². The molecule has 1 N–H and O–H groups in total. The monoisotopic (exact) mass is 289 g/mol. The molecule has 98 valence electrons. The Morgan fingerprint density at radius 3 is 2.61 bits per heavy atom. The van der Waals surface area contributed by atoms with Gasteiger partial charge >= 0.3 is 0 Å². The first-order valence-electron chi connectivity index (χ1n) is 5.96. The highest BCUT2D eigenvalue weighted by Crippen LogP contribution is 2.23. The van der Waals surface area contributed by atoms with Gasteiger partial charge in [-0.25, -0.2) is 4.39 Å². The zero-order chi connectivity index (χ0) is 13.1. The molecule has 0 spiro atoms. The van der Waals surface area contributed by atoms with Gasteiger partial charge in [0.05, 0.1) is 5.56 Å². The maximum absolute atomic E-state index is 13.5. The summed E-state index contributed by atoms with van der Waals surface area (Å²) in [6.07, 6.45) is 3.43. The Morgan fingerprint density at radius 1 is 1.28 bits per heavy atom. The summed E-state index contributed by atoms with van der Waals surface area (Å²) in [7, 11) is 0. The van der Waals surface area contributed by atoms with Gasteiger partial charge in [-0.1, -0.05) is 11.6 Å². The number of alkyl halides is 1. The lowest BCUT2D eigenvalue weighted by Crippen LogP contribution is -2.38. The third-order valence-electron chi connectivity index (χ3n) is 3.16. The fourth-order valence-electron chi connectivity index (χ4n) is 2.13. The van der Waals surface area contributed by atoms with E-state index in [1.165, 1.54) is 18.2 Å². The summed E-state index contributed by atoms with van der Waals surface area (Å²) in [5.41, 5.74) is -0.00417. The van der Waals surface area contributed by atoms with Crippen LogP contribution in [0.15, 0.2) is 18.2 Å². The van der Waals surface area contributed by atoms with Crippen molar-refractivity contribution in [3.8, 4) is 0 Å². The second-order valence-corrected chi connectivity index (χ2v) is 5.60. The summed E-state index contributed by atoms with van der Waals surface area (Å²) in [5, 5.41) is 3.38. The van der Waals surface area contributed by atoms with Crippen molar-refractivity contribution in [3.63, 3.8) is 0 Å². The molecule has 2 nitrogen and oxygen atoms in total. The first-order chi connectivity index (χ1) is 8.56. The van der Waals surface area contributed by atoms with Gasteiger partial charge < -0.3 is 5.32 Å². The number of halogens is 3. The molecule has 18 heavy (non-hydrogen) atoms. The fourth-order valence-corrected chi connectivity index (χ4v) is 2.56. The van der Waals surface area contributed by atoms with E-state index < -0.39 is 11.7 Å². The molecule has 5 heteroatoms. The lowest BCUT2D eigenvalue weighted by atomic mass is 9.95. The molecule has 0 radical (unpaired) electrons. The highest BCUT2D eigenvalue weighted by Gasteiger charge is 2.22. The van der Waals surface area contributed by atoms with Gasteiger partial charge in [0.2, 0.25) is 0 Å². The maximum Gasteiger partial charge on any atom is 0.254 e. The van der Waals surface area contributed by atoms with Crippen LogP contribution in [0, 0.1) is 5.82 Å². The molecule has 1 aliphatic rings. The number of hydrogen-bond acceptors (Lipinski definition) is 1. The van der Waals surface area contributed by atoms with Crippen LogP contribution in [0.25, 0.3) is 0 Å². The van der Waals surface area contributed by atoms with Crippen molar-refractivity contribution in [1.82, 2.24) is 5.32 Å². The second-order valence-electron chi connectivity index (χ2n) is 4.55. The van der Waals surface area contributed by atoms with Crippen LogP contribution in [0.3, 0.4) is 0 Å². The van der Waals surface area contributed by atoms with Crippen molar-refractivity contribution in [3.05, 3.63) is 34.6 Å². The number of rotatable bonds is 2. The molecule has 0 heterocycles. The van der Waals surface area contributed by atoms with Crippen LogP contribution >= 0.6 is 23.2 Å². The number of hydrogen-bond donors (Lipinski definition) is 1. The summed E-state index contributed by atoms with van der Waals surface area (Å²) in [5.74, 6) is -0.962. The summed E-state index contributed by atoms with van der Waals surface area (Å²) in [6.45, 7) is 0. The Kier molecular flexibility index (Phi) is 4.46. The summed E-state index contributed by atoms with van der Waals surface area (Å²) in [4.78, 5) is 11.9. The van der Waals surface area contributed by atoms with E-state index in [9.17, 15) is 9.18 Å². The van der Waals surface area contributed by atoms with Crippen LogP contribution in [0.1, 0.15) is 36.0 Å². The highest BCUT2D eigenvalue weighted by atomic mass is 35.5. The molecule has 1 amide bonds. The van der Waals surface area contributed by atoms with Gasteiger partial charge in [-0.2, -0.15) is 0 Å².